The lowest BCUT2D eigenvalue weighted by Gasteiger charge is -2.10. The number of imidazole rings is 1. The molecule has 0 unspecified atom stereocenters. The number of carbonyl (C=O) groups is 1. The molecule has 0 saturated heterocycles. The minimum atomic E-state index is -0.908. The lowest BCUT2D eigenvalue weighted by atomic mass is 10.1. The van der Waals surface area contributed by atoms with Crippen LogP contribution < -0.4 is 0 Å². The molecule has 0 aliphatic rings. The van der Waals surface area contributed by atoms with Crippen LogP contribution in [-0.4, -0.2) is 34.3 Å². The maximum Gasteiger partial charge on any atom is 0.336 e. The van der Waals surface area contributed by atoms with Crippen molar-refractivity contribution in [1.82, 2.24) is 9.55 Å². The molecule has 0 radical (unpaired) electrons. The number of rotatable bonds is 6. The van der Waals surface area contributed by atoms with E-state index in [1.165, 1.54) is 0 Å². The Labute approximate surface area is 111 Å². The molecule has 2 aromatic rings. The number of ether oxygens (including phenoxy) is 1. The Morgan fingerprint density at radius 3 is 2.95 bits per heavy atom. The van der Waals surface area contributed by atoms with Crippen LogP contribution >= 0.6 is 0 Å². The summed E-state index contributed by atoms with van der Waals surface area (Å²) < 4.78 is 6.98. The van der Waals surface area contributed by atoms with Crippen LogP contribution in [0, 0.1) is 0 Å². The van der Waals surface area contributed by atoms with Crippen LogP contribution in [0.1, 0.15) is 21.7 Å². The number of methoxy groups -OCH3 is 1. The lowest BCUT2D eigenvalue weighted by Crippen LogP contribution is -2.10. The van der Waals surface area contributed by atoms with Crippen LogP contribution in [0.15, 0.2) is 36.7 Å². The first-order valence-corrected chi connectivity index (χ1v) is 6.02. The van der Waals surface area contributed by atoms with Crippen molar-refractivity contribution in [3.63, 3.8) is 0 Å². The van der Waals surface area contributed by atoms with Gasteiger partial charge in [-0.15, -0.1) is 0 Å². The van der Waals surface area contributed by atoms with Crippen LogP contribution in [0.5, 0.6) is 0 Å². The average Bonchev–Trinajstić information content (AvgIpc) is 2.84. The van der Waals surface area contributed by atoms with Crippen molar-refractivity contribution in [2.24, 2.45) is 0 Å². The molecule has 19 heavy (non-hydrogen) atoms. The fraction of sp³-hybridized carbons (Fsp3) is 0.286. The molecule has 0 fully saturated rings. The SMILES string of the molecule is COCCc1nccn1Cc1ccccc1C(=O)O. The Bertz CT molecular complexity index is 563. The predicted molar refractivity (Wildman–Crippen MR) is 70.3 cm³/mol. The Balaban J connectivity index is 2.22. The summed E-state index contributed by atoms with van der Waals surface area (Å²) in [5.41, 5.74) is 1.10. The monoisotopic (exact) mass is 260 g/mol. The summed E-state index contributed by atoms with van der Waals surface area (Å²) in [5, 5.41) is 9.16. The van der Waals surface area contributed by atoms with E-state index in [0.29, 0.717) is 25.1 Å². The summed E-state index contributed by atoms with van der Waals surface area (Å²) in [4.78, 5) is 15.4. The van der Waals surface area contributed by atoms with Gasteiger partial charge in [-0.25, -0.2) is 9.78 Å². The molecule has 5 nitrogen and oxygen atoms in total. The highest BCUT2D eigenvalue weighted by Gasteiger charge is 2.11. The number of aromatic nitrogens is 2. The van der Waals surface area contributed by atoms with Gasteiger partial charge in [-0.1, -0.05) is 18.2 Å². The smallest absolute Gasteiger partial charge is 0.336 e. The number of aromatic carboxylic acids is 1. The molecule has 0 bridgehead atoms. The molecular formula is C14H16N2O3. The number of hydrogen-bond donors (Lipinski definition) is 1. The fourth-order valence-electron chi connectivity index (χ4n) is 1.96. The van der Waals surface area contributed by atoms with Crippen molar-refractivity contribution in [2.45, 2.75) is 13.0 Å². The van der Waals surface area contributed by atoms with Crippen LogP contribution in [0.2, 0.25) is 0 Å². The molecule has 2 rings (SSSR count). The van der Waals surface area contributed by atoms with Gasteiger partial charge in [0.1, 0.15) is 5.82 Å². The highest BCUT2D eigenvalue weighted by molar-refractivity contribution is 5.89. The topological polar surface area (TPSA) is 64.4 Å². The maximum absolute atomic E-state index is 11.2. The lowest BCUT2D eigenvalue weighted by molar-refractivity contribution is 0.0695. The third-order valence-corrected chi connectivity index (χ3v) is 2.92. The third kappa shape index (κ3) is 3.20. The van der Waals surface area contributed by atoms with Gasteiger partial charge in [-0.2, -0.15) is 0 Å². The van der Waals surface area contributed by atoms with E-state index in [1.54, 1.807) is 25.4 Å². The van der Waals surface area contributed by atoms with Gasteiger partial charge in [0.25, 0.3) is 0 Å². The number of nitrogens with zero attached hydrogens (tertiary/aromatic N) is 2. The molecule has 1 aromatic carbocycles. The Kier molecular flexibility index (Phi) is 4.30. The minimum Gasteiger partial charge on any atom is -0.478 e. The second-order valence-corrected chi connectivity index (χ2v) is 4.18. The normalized spacial score (nSPS) is 10.6. The average molecular weight is 260 g/mol. The largest absolute Gasteiger partial charge is 0.478 e. The second-order valence-electron chi connectivity index (χ2n) is 4.18. The quantitative estimate of drug-likeness (QED) is 0.860. The van der Waals surface area contributed by atoms with Gasteiger partial charge in [0.15, 0.2) is 0 Å². The van der Waals surface area contributed by atoms with E-state index in [9.17, 15) is 4.79 Å². The van der Waals surface area contributed by atoms with Gasteiger partial charge in [0.2, 0.25) is 0 Å². The van der Waals surface area contributed by atoms with Crippen molar-refractivity contribution < 1.29 is 14.6 Å². The summed E-state index contributed by atoms with van der Waals surface area (Å²) >= 11 is 0. The first kappa shape index (κ1) is 13.3. The van der Waals surface area contributed by atoms with E-state index in [4.69, 9.17) is 9.84 Å². The molecule has 1 N–H and O–H groups in total. The third-order valence-electron chi connectivity index (χ3n) is 2.92. The summed E-state index contributed by atoms with van der Waals surface area (Å²) in [6.07, 6.45) is 4.27. The van der Waals surface area contributed by atoms with E-state index in [-0.39, 0.29) is 0 Å². The van der Waals surface area contributed by atoms with E-state index in [2.05, 4.69) is 4.98 Å². The van der Waals surface area contributed by atoms with Crippen LogP contribution in [0.4, 0.5) is 0 Å². The van der Waals surface area contributed by atoms with Crippen molar-refractivity contribution >= 4 is 5.97 Å². The summed E-state index contributed by atoms with van der Waals surface area (Å²) in [6, 6.07) is 7.01. The number of carboxylic acid groups (broad SMARTS) is 1. The molecule has 0 aliphatic heterocycles. The molecule has 0 saturated carbocycles. The molecule has 1 aromatic heterocycles. The number of carboxylic acids is 1. The molecule has 0 atom stereocenters. The van der Waals surface area contributed by atoms with Crippen molar-refractivity contribution in [3.05, 3.63) is 53.6 Å². The summed E-state index contributed by atoms with van der Waals surface area (Å²) in [5.74, 6) is -0.0174. The molecule has 0 spiro atoms. The van der Waals surface area contributed by atoms with Gasteiger partial charge in [-0.05, 0) is 11.6 Å². The zero-order chi connectivity index (χ0) is 13.7. The number of hydrogen-bond acceptors (Lipinski definition) is 3. The van der Waals surface area contributed by atoms with Gasteiger partial charge >= 0.3 is 5.97 Å². The molecule has 0 amide bonds. The molecule has 0 aliphatic carbocycles. The highest BCUT2D eigenvalue weighted by Crippen LogP contribution is 2.12. The highest BCUT2D eigenvalue weighted by atomic mass is 16.5. The fourth-order valence-corrected chi connectivity index (χ4v) is 1.96. The molecule has 1 heterocycles. The summed E-state index contributed by atoms with van der Waals surface area (Å²) in [7, 11) is 1.65. The minimum absolute atomic E-state index is 0.328. The van der Waals surface area contributed by atoms with E-state index < -0.39 is 5.97 Å². The van der Waals surface area contributed by atoms with Crippen LogP contribution in [0.3, 0.4) is 0 Å². The van der Waals surface area contributed by atoms with Crippen molar-refractivity contribution in [3.8, 4) is 0 Å². The molecule has 5 heteroatoms. The summed E-state index contributed by atoms with van der Waals surface area (Å²) in [6.45, 7) is 1.10. The second kappa shape index (κ2) is 6.15. The van der Waals surface area contributed by atoms with Gasteiger partial charge in [0.05, 0.1) is 12.2 Å². The predicted octanol–water partition coefficient (Wildman–Crippen LogP) is 1.82. The van der Waals surface area contributed by atoms with Crippen LogP contribution in [-0.2, 0) is 17.7 Å². The Morgan fingerprint density at radius 2 is 2.21 bits per heavy atom. The van der Waals surface area contributed by atoms with Gasteiger partial charge in [0, 0.05) is 32.5 Å². The first-order valence-electron chi connectivity index (χ1n) is 6.02. The Hall–Kier alpha value is -2.14. The maximum atomic E-state index is 11.2. The molecular weight excluding hydrogens is 244 g/mol. The van der Waals surface area contributed by atoms with E-state index in [0.717, 1.165) is 11.4 Å². The molecule has 100 valence electrons. The Morgan fingerprint density at radius 1 is 1.42 bits per heavy atom. The van der Waals surface area contributed by atoms with E-state index >= 15 is 0 Å². The van der Waals surface area contributed by atoms with Crippen molar-refractivity contribution in [2.75, 3.05) is 13.7 Å². The van der Waals surface area contributed by atoms with E-state index in [1.807, 2.05) is 22.9 Å². The first-order chi connectivity index (χ1) is 9.22. The van der Waals surface area contributed by atoms with Gasteiger partial charge in [-0.3, -0.25) is 0 Å². The number of benzene rings is 1. The van der Waals surface area contributed by atoms with Crippen LogP contribution in [0.25, 0.3) is 0 Å². The standard InChI is InChI=1S/C14H16N2O3/c1-19-9-6-13-15-7-8-16(13)10-11-4-2-3-5-12(11)14(17)18/h2-5,7-8H,6,9-10H2,1H3,(H,17,18). The zero-order valence-corrected chi connectivity index (χ0v) is 10.7. The zero-order valence-electron chi connectivity index (χ0n) is 10.7. The van der Waals surface area contributed by atoms with Crippen molar-refractivity contribution in [1.29, 1.82) is 0 Å². The van der Waals surface area contributed by atoms with Gasteiger partial charge < -0.3 is 14.4 Å².